The molecule has 2 atom stereocenters. The summed E-state index contributed by atoms with van der Waals surface area (Å²) in [7, 11) is -2.99. The van der Waals surface area contributed by atoms with Gasteiger partial charge in [-0.25, -0.2) is 8.42 Å². The van der Waals surface area contributed by atoms with Crippen LogP contribution in [0.1, 0.15) is 6.42 Å². The van der Waals surface area contributed by atoms with Crippen LogP contribution in [0, 0.1) is 5.92 Å². The summed E-state index contributed by atoms with van der Waals surface area (Å²) < 4.78 is 24.2. The minimum Gasteiger partial charge on any atom is -0.308 e. The Morgan fingerprint density at radius 2 is 2.06 bits per heavy atom. The number of fused-ring (bicyclic) bond motifs is 1. The average molecular weight is 330 g/mol. The smallest absolute Gasteiger partial charge is 0.227 e. The highest BCUT2D eigenvalue weighted by Crippen LogP contribution is 2.37. The number of anilines is 1. The molecule has 0 N–H and O–H groups in total. The zero-order valence-electron chi connectivity index (χ0n) is 9.54. The first-order valence-electron chi connectivity index (χ1n) is 5.74. The first-order chi connectivity index (χ1) is 8.46. The van der Waals surface area contributed by atoms with Crippen LogP contribution in [-0.4, -0.2) is 31.9 Å². The molecule has 1 aromatic rings. The van der Waals surface area contributed by atoms with Crippen molar-refractivity contribution in [2.24, 2.45) is 5.92 Å². The van der Waals surface area contributed by atoms with Gasteiger partial charge >= 0.3 is 0 Å². The second kappa shape index (κ2) is 4.06. The van der Waals surface area contributed by atoms with Gasteiger partial charge in [0.1, 0.15) is 0 Å². The summed E-state index contributed by atoms with van der Waals surface area (Å²) in [5.41, 5.74) is 0.777. The molecular formula is C12H12BrNO3S. The summed E-state index contributed by atoms with van der Waals surface area (Å²) in [4.78, 5) is 13.7. The van der Waals surface area contributed by atoms with E-state index in [4.69, 9.17) is 0 Å². The van der Waals surface area contributed by atoms with Crippen LogP contribution in [0.15, 0.2) is 28.7 Å². The molecule has 2 fully saturated rings. The predicted molar refractivity (Wildman–Crippen MR) is 72.2 cm³/mol. The van der Waals surface area contributed by atoms with Crippen molar-refractivity contribution < 1.29 is 13.2 Å². The van der Waals surface area contributed by atoms with E-state index in [0.717, 1.165) is 10.2 Å². The number of hydrogen-bond donors (Lipinski definition) is 0. The Morgan fingerprint density at radius 3 is 2.78 bits per heavy atom. The van der Waals surface area contributed by atoms with E-state index in [1.807, 2.05) is 24.3 Å². The van der Waals surface area contributed by atoms with Gasteiger partial charge in [0.05, 0.1) is 17.5 Å². The molecule has 4 nitrogen and oxygen atoms in total. The highest BCUT2D eigenvalue weighted by Gasteiger charge is 2.49. The number of nitrogens with zero attached hydrogens (tertiary/aromatic N) is 1. The van der Waals surface area contributed by atoms with E-state index in [1.54, 1.807) is 4.90 Å². The molecule has 0 radical (unpaired) electrons. The normalized spacial score (nSPS) is 29.6. The van der Waals surface area contributed by atoms with E-state index < -0.39 is 9.84 Å². The second-order valence-corrected chi connectivity index (χ2v) is 7.92. The van der Waals surface area contributed by atoms with E-state index >= 15 is 0 Å². The van der Waals surface area contributed by atoms with Crippen LogP contribution in [0.4, 0.5) is 5.69 Å². The Kier molecular flexibility index (Phi) is 2.75. The third kappa shape index (κ3) is 1.97. The standard InChI is InChI=1S/C12H12BrNO3S/c13-9-2-1-3-10(5-9)14-11-7-18(16,17)6-8(11)4-12(14)15/h1-3,5,8,11H,4,6-7H2/t8-,11-/m0/s1. The molecular weight excluding hydrogens is 318 g/mol. The number of halogens is 1. The molecule has 0 unspecified atom stereocenters. The molecule has 6 heteroatoms. The van der Waals surface area contributed by atoms with Gasteiger partial charge in [0, 0.05) is 22.5 Å². The Labute approximate surface area is 114 Å². The fourth-order valence-corrected chi connectivity index (χ4v) is 5.31. The summed E-state index contributed by atoms with van der Waals surface area (Å²) in [6.45, 7) is 0. The Bertz CT molecular complexity index is 614. The molecule has 18 heavy (non-hydrogen) atoms. The van der Waals surface area contributed by atoms with Crippen molar-refractivity contribution in [2.45, 2.75) is 12.5 Å². The molecule has 1 amide bonds. The molecule has 96 valence electrons. The van der Waals surface area contributed by atoms with Crippen molar-refractivity contribution in [3.8, 4) is 0 Å². The molecule has 2 saturated heterocycles. The van der Waals surface area contributed by atoms with Crippen molar-refractivity contribution >= 4 is 37.4 Å². The fraction of sp³-hybridized carbons (Fsp3) is 0.417. The van der Waals surface area contributed by atoms with Gasteiger partial charge in [-0.1, -0.05) is 22.0 Å². The van der Waals surface area contributed by atoms with Gasteiger partial charge in [-0.05, 0) is 18.2 Å². The zero-order chi connectivity index (χ0) is 12.9. The zero-order valence-corrected chi connectivity index (χ0v) is 11.9. The predicted octanol–water partition coefficient (Wildman–Crippen LogP) is 1.60. The third-order valence-electron chi connectivity index (χ3n) is 3.56. The molecule has 2 aliphatic rings. The maximum absolute atomic E-state index is 12.0. The van der Waals surface area contributed by atoms with Crippen LogP contribution >= 0.6 is 15.9 Å². The Morgan fingerprint density at radius 1 is 1.28 bits per heavy atom. The Hall–Kier alpha value is -0.880. The number of carbonyl (C=O) groups excluding carboxylic acids is 1. The lowest BCUT2D eigenvalue weighted by molar-refractivity contribution is -0.117. The molecule has 2 heterocycles. The average Bonchev–Trinajstić information content (AvgIpc) is 2.68. The summed E-state index contributed by atoms with van der Waals surface area (Å²) in [5, 5.41) is 0. The van der Waals surface area contributed by atoms with E-state index in [-0.39, 0.29) is 29.4 Å². The van der Waals surface area contributed by atoms with Crippen molar-refractivity contribution in [3.05, 3.63) is 28.7 Å². The highest BCUT2D eigenvalue weighted by molar-refractivity contribution is 9.10. The number of sulfone groups is 1. The van der Waals surface area contributed by atoms with Crippen LogP contribution in [0.25, 0.3) is 0 Å². The van der Waals surface area contributed by atoms with Gasteiger partial charge in [-0.15, -0.1) is 0 Å². The number of rotatable bonds is 1. The van der Waals surface area contributed by atoms with Gasteiger partial charge in [-0.2, -0.15) is 0 Å². The first kappa shape index (κ1) is 12.2. The summed E-state index contributed by atoms with van der Waals surface area (Å²) in [5.74, 6) is 0.226. The van der Waals surface area contributed by atoms with E-state index in [9.17, 15) is 13.2 Å². The summed E-state index contributed by atoms with van der Waals surface area (Å²) in [6, 6.07) is 7.24. The van der Waals surface area contributed by atoms with E-state index in [0.29, 0.717) is 6.42 Å². The third-order valence-corrected chi connectivity index (χ3v) is 5.84. The number of carbonyl (C=O) groups is 1. The molecule has 0 bridgehead atoms. The second-order valence-electron chi connectivity index (χ2n) is 4.85. The molecule has 0 aliphatic carbocycles. The fourth-order valence-electron chi connectivity index (χ4n) is 2.85. The van der Waals surface area contributed by atoms with Gasteiger partial charge in [0.15, 0.2) is 9.84 Å². The van der Waals surface area contributed by atoms with Crippen LogP contribution in [0.3, 0.4) is 0 Å². The molecule has 3 rings (SSSR count). The molecule has 0 saturated carbocycles. The van der Waals surface area contributed by atoms with E-state index in [2.05, 4.69) is 15.9 Å². The number of hydrogen-bond acceptors (Lipinski definition) is 3. The van der Waals surface area contributed by atoms with Crippen LogP contribution in [-0.2, 0) is 14.6 Å². The minimum atomic E-state index is -2.99. The highest BCUT2D eigenvalue weighted by atomic mass is 79.9. The van der Waals surface area contributed by atoms with Gasteiger partial charge < -0.3 is 4.90 Å². The van der Waals surface area contributed by atoms with Crippen molar-refractivity contribution in [1.29, 1.82) is 0 Å². The molecule has 0 spiro atoms. The van der Waals surface area contributed by atoms with Gasteiger partial charge in [0.2, 0.25) is 5.91 Å². The minimum absolute atomic E-state index is 0.0259. The SMILES string of the molecule is O=C1C[C@H]2CS(=O)(=O)C[C@@H]2N1c1cccc(Br)c1. The van der Waals surface area contributed by atoms with Crippen LogP contribution in [0.2, 0.25) is 0 Å². The molecule has 2 aliphatic heterocycles. The monoisotopic (exact) mass is 329 g/mol. The maximum atomic E-state index is 12.0. The molecule has 1 aromatic carbocycles. The van der Waals surface area contributed by atoms with Crippen molar-refractivity contribution in [3.63, 3.8) is 0 Å². The van der Waals surface area contributed by atoms with Crippen LogP contribution in [0.5, 0.6) is 0 Å². The quantitative estimate of drug-likeness (QED) is 0.786. The summed E-state index contributed by atoms with van der Waals surface area (Å²) >= 11 is 3.37. The van der Waals surface area contributed by atoms with Crippen molar-refractivity contribution in [1.82, 2.24) is 0 Å². The topological polar surface area (TPSA) is 54.5 Å². The Balaban J connectivity index is 1.99. The van der Waals surface area contributed by atoms with Gasteiger partial charge in [0.25, 0.3) is 0 Å². The lowest BCUT2D eigenvalue weighted by atomic mass is 10.1. The lowest BCUT2D eigenvalue weighted by Gasteiger charge is -2.23. The van der Waals surface area contributed by atoms with Crippen LogP contribution < -0.4 is 4.90 Å². The van der Waals surface area contributed by atoms with Gasteiger partial charge in [-0.3, -0.25) is 4.79 Å². The van der Waals surface area contributed by atoms with E-state index in [1.165, 1.54) is 0 Å². The largest absolute Gasteiger partial charge is 0.308 e. The number of amides is 1. The lowest BCUT2D eigenvalue weighted by Crippen LogP contribution is -2.36. The number of benzene rings is 1. The molecule has 0 aromatic heterocycles. The van der Waals surface area contributed by atoms with Crippen molar-refractivity contribution in [2.75, 3.05) is 16.4 Å². The first-order valence-corrected chi connectivity index (χ1v) is 8.36. The maximum Gasteiger partial charge on any atom is 0.227 e. The summed E-state index contributed by atoms with van der Waals surface area (Å²) in [6.07, 6.45) is 0.344.